The highest BCUT2D eigenvalue weighted by molar-refractivity contribution is 6.77. The molecule has 0 unspecified atom stereocenters. The third kappa shape index (κ3) is 6.55. The summed E-state index contributed by atoms with van der Waals surface area (Å²) in [7, 11) is -2.11. The van der Waals surface area contributed by atoms with Crippen LogP contribution in [0.3, 0.4) is 0 Å². The van der Waals surface area contributed by atoms with Gasteiger partial charge in [-0.15, -0.1) is 6.58 Å². The van der Waals surface area contributed by atoms with E-state index in [1.807, 2.05) is 31.2 Å². The molecule has 0 spiro atoms. The van der Waals surface area contributed by atoms with Gasteiger partial charge in [-0.3, -0.25) is 4.79 Å². The SMILES string of the molecule is C=C[C@@H](O[Si](C(C)C)(C(C)C)C(C)C)[C@H](CCCC)C(=O)N[C@H](C)c1ccccc1. The number of nitrogens with one attached hydrogen (secondary N) is 1. The first-order valence-electron chi connectivity index (χ1n) is 11.8. The minimum Gasteiger partial charge on any atom is -0.409 e. The summed E-state index contributed by atoms with van der Waals surface area (Å²) < 4.78 is 7.00. The maximum absolute atomic E-state index is 13.4. The van der Waals surface area contributed by atoms with Gasteiger partial charge in [0.2, 0.25) is 14.2 Å². The first kappa shape index (κ1) is 26.6. The molecule has 1 N–H and O–H groups in total. The molecule has 4 heteroatoms. The lowest BCUT2D eigenvalue weighted by Crippen LogP contribution is -2.52. The molecule has 0 radical (unpaired) electrons. The van der Waals surface area contributed by atoms with E-state index in [-0.39, 0.29) is 24.0 Å². The fourth-order valence-electron chi connectivity index (χ4n) is 4.95. The first-order chi connectivity index (χ1) is 14.1. The van der Waals surface area contributed by atoms with Crippen molar-refractivity contribution in [3.8, 4) is 0 Å². The van der Waals surface area contributed by atoms with Crippen molar-refractivity contribution in [1.29, 1.82) is 0 Å². The van der Waals surface area contributed by atoms with Crippen LogP contribution in [0.5, 0.6) is 0 Å². The van der Waals surface area contributed by atoms with Crippen molar-refractivity contribution in [2.45, 2.75) is 103 Å². The quantitative estimate of drug-likeness (QED) is 0.261. The Hall–Kier alpha value is -1.39. The predicted molar refractivity (Wildman–Crippen MR) is 132 cm³/mol. The molecule has 3 atom stereocenters. The fourth-order valence-corrected chi connectivity index (χ4v) is 10.5. The van der Waals surface area contributed by atoms with Gasteiger partial charge in [-0.05, 0) is 35.5 Å². The monoisotopic (exact) mass is 431 g/mol. The lowest BCUT2D eigenvalue weighted by molar-refractivity contribution is -0.128. The summed E-state index contributed by atoms with van der Waals surface area (Å²) >= 11 is 0. The highest BCUT2D eigenvalue weighted by Gasteiger charge is 2.47. The molecule has 0 fully saturated rings. The van der Waals surface area contributed by atoms with Gasteiger partial charge in [-0.25, -0.2) is 0 Å². The molecule has 0 aliphatic carbocycles. The van der Waals surface area contributed by atoms with E-state index >= 15 is 0 Å². The van der Waals surface area contributed by atoms with Crippen LogP contribution in [0.15, 0.2) is 43.0 Å². The Labute approximate surface area is 186 Å². The largest absolute Gasteiger partial charge is 0.409 e. The van der Waals surface area contributed by atoms with Crippen LogP contribution in [0.4, 0.5) is 0 Å². The van der Waals surface area contributed by atoms with E-state index in [9.17, 15) is 4.79 Å². The lowest BCUT2D eigenvalue weighted by atomic mass is 9.94. The summed E-state index contributed by atoms with van der Waals surface area (Å²) in [6, 6.07) is 10.1. The molecule has 30 heavy (non-hydrogen) atoms. The number of unbranched alkanes of at least 4 members (excludes halogenated alkanes) is 1. The maximum Gasteiger partial charge on any atom is 0.226 e. The van der Waals surface area contributed by atoms with Gasteiger partial charge in [-0.1, -0.05) is 97.7 Å². The molecule has 0 aromatic heterocycles. The van der Waals surface area contributed by atoms with Gasteiger partial charge in [0.15, 0.2) is 0 Å². The van der Waals surface area contributed by atoms with Crippen molar-refractivity contribution in [3.05, 3.63) is 48.6 Å². The zero-order valence-corrected chi connectivity index (χ0v) is 21.6. The minimum atomic E-state index is -2.11. The van der Waals surface area contributed by atoms with Crippen LogP contribution in [0.25, 0.3) is 0 Å². The number of hydrogen-bond donors (Lipinski definition) is 1. The van der Waals surface area contributed by atoms with Gasteiger partial charge in [0.05, 0.1) is 18.1 Å². The molecule has 1 amide bonds. The second kappa shape index (κ2) is 12.5. The zero-order chi connectivity index (χ0) is 22.9. The Morgan fingerprint density at radius 2 is 1.57 bits per heavy atom. The number of rotatable bonds is 13. The first-order valence-corrected chi connectivity index (χ1v) is 13.9. The van der Waals surface area contributed by atoms with E-state index in [0.717, 1.165) is 24.8 Å². The van der Waals surface area contributed by atoms with Gasteiger partial charge in [0.1, 0.15) is 0 Å². The van der Waals surface area contributed by atoms with Crippen LogP contribution < -0.4 is 5.32 Å². The highest BCUT2D eigenvalue weighted by Crippen LogP contribution is 2.44. The lowest BCUT2D eigenvalue weighted by Gasteiger charge is -2.45. The van der Waals surface area contributed by atoms with Crippen LogP contribution in [-0.2, 0) is 9.22 Å². The van der Waals surface area contributed by atoms with Crippen LogP contribution in [0.2, 0.25) is 16.6 Å². The van der Waals surface area contributed by atoms with E-state index in [0.29, 0.717) is 16.6 Å². The Morgan fingerprint density at radius 1 is 1.03 bits per heavy atom. The predicted octanol–water partition coefficient (Wildman–Crippen LogP) is 7.42. The van der Waals surface area contributed by atoms with Crippen LogP contribution in [-0.4, -0.2) is 20.3 Å². The van der Waals surface area contributed by atoms with Gasteiger partial charge >= 0.3 is 0 Å². The third-order valence-electron chi connectivity index (χ3n) is 6.54. The molecule has 3 nitrogen and oxygen atoms in total. The second-order valence-corrected chi connectivity index (χ2v) is 14.9. The van der Waals surface area contributed by atoms with Gasteiger partial charge < -0.3 is 9.74 Å². The summed E-state index contributed by atoms with van der Waals surface area (Å²) in [5.41, 5.74) is 2.53. The molecule has 0 aliphatic heterocycles. The molecule has 0 saturated heterocycles. The van der Waals surface area contributed by atoms with Crippen molar-refractivity contribution in [1.82, 2.24) is 5.32 Å². The molecule has 1 rings (SSSR count). The highest BCUT2D eigenvalue weighted by atomic mass is 28.4. The molecule has 0 aliphatic rings. The van der Waals surface area contributed by atoms with Crippen molar-refractivity contribution in [3.63, 3.8) is 0 Å². The zero-order valence-electron chi connectivity index (χ0n) is 20.6. The summed E-state index contributed by atoms with van der Waals surface area (Å²) in [4.78, 5) is 13.4. The Morgan fingerprint density at radius 3 is 2.00 bits per heavy atom. The van der Waals surface area contributed by atoms with E-state index < -0.39 is 8.32 Å². The Balaban J connectivity index is 3.15. The van der Waals surface area contributed by atoms with Crippen molar-refractivity contribution < 1.29 is 9.22 Å². The average molecular weight is 432 g/mol. The molecule has 0 heterocycles. The molecular formula is C26H45NO2Si. The number of carbonyl (C=O) groups excluding carboxylic acids is 1. The summed E-state index contributed by atoms with van der Waals surface area (Å²) in [6.07, 6.45) is 4.51. The van der Waals surface area contributed by atoms with Crippen LogP contribution >= 0.6 is 0 Å². The summed E-state index contributed by atoms with van der Waals surface area (Å²) in [6.45, 7) is 22.0. The van der Waals surface area contributed by atoms with Gasteiger partial charge in [0.25, 0.3) is 0 Å². The molecule has 1 aromatic carbocycles. The standard InChI is InChI=1S/C26H45NO2Si/c1-10-12-18-24(26(28)27-22(9)23-16-14-13-15-17-23)25(11-2)29-30(19(3)4,20(5)6)21(7)8/h11,13-17,19-22,24-25H,2,10,12,18H2,1,3-9H3,(H,27,28)/t22-,24+,25-/m1/s1. The van der Waals surface area contributed by atoms with E-state index in [2.05, 4.69) is 72.5 Å². The van der Waals surface area contributed by atoms with Crippen molar-refractivity contribution in [2.24, 2.45) is 5.92 Å². The Bertz CT molecular complexity index is 620. The van der Waals surface area contributed by atoms with E-state index in [4.69, 9.17) is 4.43 Å². The van der Waals surface area contributed by atoms with Gasteiger partial charge in [-0.2, -0.15) is 0 Å². The van der Waals surface area contributed by atoms with Gasteiger partial charge in [0, 0.05) is 0 Å². The molecule has 1 aromatic rings. The molecule has 0 saturated carbocycles. The maximum atomic E-state index is 13.4. The normalized spacial score (nSPS) is 15.3. The van der Waals surface area contributed by atoms with E-state index in [1.165, 1.54) is 0 Å². The smallest absolute Gasteiger partial charge is 0.226 e. The van der Waals surface area contributed by atoms with E-state index in [1.54, 1.807) is 0 Å². The summed E-state index contributed by atoms with van der Waals surface area (Å²) in [5, 5.41) is 3.24. The van der Waals surface area contributed by atoms with Crippen molar-refractivity contribution >= 4 is 14.2 Å². The van der Waals surface area contributed by atoms with Crippen LogP contribution in [0.1, 0.15) is 86.3 Å². The molecule has 0 bridgehead atoms. The minimum absolute atomic E-state index is 0.0319. The number of amides is 1. The average Bonchev–Trinajstić information content (AvgIpc) is 2.70. The number of hydrogen-bond acceptors (Lipinski definition) is 2. The molecular weight excluding hydrogens is 386 g/mol. The van der Waals surface area contributed by atoms with Crippen LogP contribution in [0, 0.1) is 5.92 Å². The number of benzene rings is 1. The molecule has 170 valence electrons. The third-order valence-corrected chi connectivity index (χ3v) is 12.6. The number of carbonyl (C=O) groups is 1. The Kier molecular flexibility index (Phi) is 11.1. The summed E-state index contributed by atoms with van der Waals surface area (Å²) in [5.74, 6) is -0.138. The second-order valence-electron chi connectivity index (χ2n) is 9.53. The topological polar surface area (TPSA) is 38.3 Å². The fraction of sp³-hybridized carbons (Fsp3) is 0.654. The van der Waals surface area contributed by atoms with Crippen molar-refractivity contribution in [2.75, 3.05) is 0 Å².